The van der Waals surface area contributed by atoms with Crippen molar-refractivity contribution in [1.29, 1.82) is 0 Å². The smallest absolute Gasteiger partial charge is 0.335 e. The van der Waals surface area contributed by atoms with E-state index in [1.807, 2.05) is 0 Å². The van der Waals surface area contributed by atoms with Gasteiger partial charge < -0.3 is 10.2 Å². The lowest BCUT2D eigenvalue weighted by molar-refractivity contribution is -0.124. The van der Waals surface area contributed by atoms with Crippen LogP contribution in [-0.4, -0.2) is 52.7 Å². The molecule has 21 heavy (non-hydrogen) atoms. The Labute approximate surface area is 121 Å². The van der Waals surface area contributed by atoms with Gasteiger partial charge in [-0.25, -0.2) is 9.59 Å². The molecule has 1 saturated heterocycles. The number of aromatic carboxylic acids is 1. The molecule has 1 heterocycles. The summed E-state index contributed by atoms with van der Waals surface area (Å²) in [4.78, 5) is 37.4. The normalized spacial score (nSPS) is 14.9. The van der Waals surface area contributed by atoms with Gasteiger partial charge >= 0.3 is 12.0 Å². The number of hydrogen-bond acceptors (Lipinski definition) is 4. The summed E-state index contributed by atoms with van der Waals surface area (Å²) in [5.74, 6) is -1.41. The van der Waals surface area contributed by atoms with Crippen LogP contribution in [0.25, 0.3) is 0 Å². The monoisotopic (exact) mass is 292 g/mol. The second kappa shape index (κ2) is 6.36. The fourth-order valence-electron chi connectivity index (χ4n) is 2.15. The lowest BCUT2D eigenvalue weighted by Gasteiger charge is -2.17. The van der Waals surface area contributed by atoms with Crippen molar-refractivity contribution in [3.8, 4) is 0 Å². The van der Waals surface area contributed by atoms with Crippen LogP contribution in [0.4, 0.5) is 10.5 Å². The van der Waals surface area contributed by atoms with Gasteiger partial charge in [0.2, 0.25) is 0 Å². The maximum absolute atomic E-state index is 12.2. The van der Waals surface area contributed by atoms with E-state index in [1.165, 1.54) is 23.1 Å². The molecular formula is C14H16N2O5. The molecule has 1 aliphatic rings. The molecule has 112 valence electrons. The van der Waals surface area contributed by atoms with Gasteiger partial charge in [-0.15, -0.1) is 0 Å². The SMILES string of the molecule is O=C(O)c1cccc(N2CC(=O)N(CCCCO)C2=O)c1. The molecule has 0 atom stereocenters. The lowest BCUT2D eigenvalue weighted by Crippen LogP contribution is -2.34. The van der Waals surface area contributed by atoms with Crippen LogP contribution in [0, 0.1) is 0 Å². The highest BCUT2D eigenvalue weighted by Gasteiger charge is 2.36. The highest BCUT2D eigenvalue weighted by Crippen LogP contribution is 2.22. The number of carbonyl (C=O) groups excluding carboxylic acids is 2. The number of aliphatic hydroxyl groups is 1. The number of benzene rings is 1. The Kier molecular flexibility index (Phi) is 4.54. The number of rotatable bonds is 6. The summed E-state index contributed by atoms with van der Waals surface area (Å²) in [6, 6.07) is 5.46. The second-order valence-corrected chi connectivity index (χ2v) is 4.70. The first-order chi connectivity index (χ1) is 10.0. The zero-order valence-electron chi connectivity index (χ0n) is 11.4. The minimum Gasteiger partial charge on any atom is -0.478 e. The first-order valence-corrected chi connectivity index (χ1v) is 6.60. The second-order valence-electron chi connectivity index (χ2n) is 4.70. The summed E-state index contributed by atoms with van der Waals surface area (Å²) in [6.45, 7) is 0.176. The van der Waals surface area contributed by atoms with E-state index in [1.54, 1.807) is 6.07 Å². The van der Waals surface area contributed by atoms with Crippen LogP contribution in [0.5, 0.6) is 0 Å². The summed E-state index contributed by atoms with van der Waals surface area (Å²) in [5.41, 5.74) is 0.449. The summed E-state index contributed by atoms with van der Waals surface area (Å²) in [6.07, 6.45) is 1.06. The average molecular weight is 292 g/mol. The Balaban J connectivity index is 2.15. The molecule has 2 rings (SSSR count). The molecule has 0 aromatic heterocycles. The van der Waals surface area contributed by atoms with E-state index in [-0.39, 0.29) is 31.2 Å². The molecule has 3 amide bonds. The quantitative estimate of drug-likeness (QED) is 0.600. The zero-order chi connectivity index (χ0) is 15.4. The number of urea groups is 1. The van der Waals surface area contributed by atoms with Crippen LogP contribution in [0.15, 0.2) is 24.3 Å². The maximum Gasteiger partial charge on any atom is 0.335 e. The highest BCUT2D eigenvalue weighted by molar-refractivity contribution is 6.12. The number of imide groups is 1. The van der Waals surface area contributed by atoms with Crippen molar-refractivity contribution in [1.82, 2.24) is 4.90 Å². The summed E-state index contributed by atoms with van der Waals surface area (Å²) < 4.78 is 0. The van der Waals surface area contributed by atoms with Crippen molar-refractivity contribution in [2.75, 3.05) is 24.6 Å². The Hall–Kier alpha value is -2.41. The molecule has 7 heteroatoms. The fourth-order valence-corrected chi connectivity index (χ4v) is 2.15. The lowest BCUT2D eigenvalue weighted by atomic mass is 10.2. The Morgan fingerprint density at radius 3 is 2.67 bits per heavy atom. The van der Waals surface area contributed by atoms with Gasteiger partial charge in [-0.2, -0.15) is 0 Å². The Morgan fingerprint density at radius 2 is 2.00 bits per heavy atom. The zero-order valence-corrected chi connectivity index (χ0v) is 11.4. The number of aliphatic hydroxyl groups excluding tert-OH is 1. The third-order valence-electron chi connectivity index (χ3n) is 3.25. The number of hydrogen-bond donors (Lipinski definition) is 2. The predicted molar refractivity (Wildman–Crippen MR) is 74.2 cm³/mol. The van der Waals surface area contributed by atoms with E-state index in [2.05, 4.69) is 0 Å². The van der Waals surface area contributed by atoms with Crippen LogP contribution in [0.1, 0.15) is 23.2 Å². The van der Waals surface area contributed by atoms with Gasteiger partial charge in [0.15, 0.2) is 0 Å². The topological polar surface area (TPSA) is 98.2 Å². The van der Waals surface area contributed by atoms with Gasteiger partial charge in [-0.05, 0) is 31.0 Å². The number of carbonyl (C=O) groups is 3. The van der Waals surface area contributed by atoms with Crippen LogP contribution in [0.2, 0.25) is 0 Å². The highest BCUT2D eigenvalue weighted by atomic mass is 16.4. The number of carboxylic acid groups (broad SMARTS) is 1. The number of amides is 3. The van der Waals surface area contributed by atoms with Crippen molar-refractivity contribution in [3.05, 3.63) is 29.8 Å². The van der Waals surface area contributed by atoms with Gasteiger partial charge in [0.1, 0.15) is 6.54 Å². The van der Waals surface area contributed by atoms with Gasteiger partial charge in [0, 0.05) is 18.8 Å². The van der Waals surface area contributed by atoms with E-state index in [0.29, 0.717) is 18.5 Å². The fraction of sp³-hybridized carbons (Fsp3) is 0.357. The van der Waals surface area contributed by atoms with E-state index in [9.17, 15) is 14.4 Å². The Morgan fingerprint density at radius 1 is 1.24 bits per heavy atom. The maximum atomic E-state index is 12.2. The van der Waals surface area contributed by atoms with Crippen LogP contribution < -0.4 is 4.90 Å². The molecule has 0 saturated carbocycles. The molecular weight excluding hydrogens is 276 g/mol. The Bertz CT molecular complexity index is 572. The van der Waals surface area contributed by atoms with Crippen molar-refractivity contribution in [3.63, 3.8) is 0 Å². The van der Waals surface area contributed by atoms with Crippen molar-refractivity contribution in [2.24, 2.45) is 0 Å². The van der Waals surface area contributed by atoms with Crippen LogP contribution in [-0.2, 0) is 4.79 Å². The van der Waals surface area contributed by atoms with E-state index in [0.717, 1.165) is 4.90 Å². The molecule has 1 aliphatic heterocycles. The van der Waals surface area contributed by atoms with Gasteiger partial charge in [-0.3, -0.25) is 14.6 Å². The van der Waals surface area contributed by atoms with Gasteiger partial charge in [0.25, 0.3) is 5.91 Å². The number of unbranched alkanes of at least 4 members (excludes halogenated alkanes) is 1. The first kappa shape index (κ1) is 15.0. The largest absolute Gasteiger partial charge is 0.478 e. The minimum absolute atomic E-state index is 0.0145. The van der Waals surface area contributed by atoms with Crippen molar-refractivity contribution >= 4 is 23.6 Å². The molecule has 0 bridgehead atoms. The standard InChI is InChI=1S/C14H16N2O5/c17-7-2-1-6-15-12(18)9-16(14(15)21)11-5-3-4-10(8-11)13(19)20/h3-5,8,17H,1-2,6-7,9H2,(H,19,20). The van der Waals surface area contributed by atoms with E-state index in [4.69, 9.17) is 10.2 Å². The minimum atomic E-state index is -1.09. The molecule has 0 spiro atoms. The summed E-state index contributed by atoms with van der Waals surface area (Å²) in [5, 5.41) is 17.7. The summed E-state index contributed by atoms with van der Waals surface area (Å²) >= 11 is 0. The molecule has 1 aromatic rings. The molecule has 7 nitrogen and oxygen atoms in total. The molecule has 1 aromatic carbocycles. The number of anilines is 1. The van der Waals surface area contributed by atoms with E-state index >= 15 is 0 Å². The summed E-state index contributed by atoms with van der Waals surface area (Å²) in [7, 11) is 0. The molecule has 0 aliphatic carbocycles. The number of carboxylic acids is 1. The van der Waals surface area contributed by atoms with Crippen molar-refractivity contribution in [2.45, 2.75) is 12.8 Å². The average Bonchev–Trinajstić information content (AvgIpc) is 2.75. The first-order valence-electron chi connectivity index (χ1n) is 6.60. The predicted octanol–water partition coefficient (Wildman–Crippen LogP) is 0.926. The van der Waals surface area contributed by atoms with E-state index < -0.39 is 12.0 Å². The molecule has 0 radical (unpaired) electrons. The van der Waals surface area contributed by atoms with Crippen LogP contribution in [0.3, 0.4) is 0 Å². The van der Waals surface area contributed by atoms with Crippen LogP contribution >= 0.6 is 0 Å². The molecule has 0 unspecified atom stereocenters. The molecule has 1 fully saturated rings. The third-order valence-corrected chi connectivity index (χ3v) is 3.25. The third kappa shape index (κ3) is 3.19. The molecule has 2 N–H and O–H groups in total. The van der Waals surface area contributed by atoms with Gasteiger partial charge in [0.05, 0.1) is 5.56 Å². The number of nitrogens with zero attached hydrogens (tertiary/aromatic N) is 2. The van der Waals surface area contributed by atoms with Gasteiger partial charge in [-0.1, -0.05) is 6.07 Å². The van der Waals surface area contributed by atoms with Crippen molar-refractivity contribution < 1.29 is 24.6 Å².